The number of likely N-dealkylation sites (N-methyl/N-ethyl adjacent to an activating group) is 1. The van der Waals surface area contributed by atoms with E-state index in [1.165, 1.54) is 11.3 Å². The summed E-state index contributed by atoms with van der Waals surface area (Å²) in [5.74, 6) is -0.872. The Morgan fingerprint density at radius 2 is 1.77 bits per heavy atom. The number of nitrogens with one attached hydrogen (secondary N) is 2. The van der Waals surface area contributed by atoms with Gasteiger partial charge in [0.25, 0.3) is 0 Å². The predicted octanol–water partition coefficient (Wildman–Crippen LogP) is 4.21. The van der Waals surface area contributed by atoms with E-state index in [9.17, 15) is 14.4 Å². The molecule has 0 aliphatic carbocycles. The number of nitrogens with zero attached hydrogens (tertiary/aromatic N) is 1. The minimum atomic E-state index is -0.469. The van der Waals surface area contributed by atoms with Gasteiger partial charge in [0.05, 0.1) is 36.0 Å². The van der Waals surface area contributed by atoms with Gasteiger partial charge in [-0.25, -0.2) is 4.79 Å². The Hall–Kier alpha value is -2.42. The normalized spacial score (nSPS) is 10.9. The van der Waals surface area contributed by atoms with Crippen molar-refractivity contribution in [3.8, 4) is 0 Å². The first-order valence-electron chi connectivity index (χ1n) is 9.54. The number of para-hydroxylation sites is 1. The van der Waals surface area contributed by atoms with Gasteiger partial charge in [-0.3, -0.25) is 14.5 Å². The maximum atomic E-state index is 12.5. The highest BCUT2D eigenvalue weighted by Gasteiger charge is 2.21. The molecule has 0 radical (unpaired) electrons. The topological polar surface area (TPSA) is 87.7 Å². The lowest BCUT2D eigenvalue weighted by Gasteiger charge is -2.16. The quantitative estimate of drug-likeness (QED) is 0.557. The zero-order valence-corrected chi connectivity index (χ0v) is 19.0. The van der Waals surface area contributed by atoms with Gasteiger partial charge in [-0.05, 0) is 38.1 Å². The average molecular weight is 452 g/mol. The Morgan fingerprint density at radius 1 is 1.13 bits per heavy atom. The Labute approximate surface area is 185 Å². The van der Waals surface area contributed by atoms with Crippen molar-refractivity contribution in [2.75, 3.05) is 37.4 Å². The zero-order chi connectivity index (χ0) is 22.3. The maximum absolute atomic E-state index is 12.5. The average Bonchev–Trinajstić information content (AvgIpc) is 3.07. The first kappa shape index (κ1) is 23.9. The van der Waals surface area contributed by atoms with Crippen molar-refractivity contribution in [2.45, 2.75) is 26.7 Å². The molecule has 1 aromatic carbocycles. The van der Waals surface area contributed by atoms with Gasteiger partial charge >= 0.3 is 5.97 Å². The minimum absolute atomic E-state index is 0.00502. The Balaban J connectivity index is 1.97. The number of rotatable bonds is 9. The lowest BCUT2D eigenvalue weighted by atomic mass is 10.1. The van der Waals surface area contributed by atoms with E-state index in [1.807, 2.05) is 13.8 Å². The molecule has 0 aliphatic rings. The molecule has 2 N–H and O–H groups in total. The minimum Gasteiger partial charge on any atom is -0.462 e. The summed E-state index contributed by atoms with van der Waals surface area (Å²) in [7, 11) is 1.66. The van der Waals surface area contributed by atoms with Crippen molar-refractivity contribution in [2.24, 2.45) is 0 Å². The van der Waals surface area contributed by atoms with Crippen LogP contribution in [-0.4, -0.2) is 49.4 Å². The zero-order valence-electron chi connectivity index (χ0n) is 17.5. The number of carbonyl (C=O) groups is 3. The van der Waals surface area contributed by atoms with E-state index >= 15 is 0 Å². The van der Waals surface area contributed by atoms with Gasteiger partial charge in [0, 0.05) is 4.88 Å². The predicted molar refractivity (Wildman–Crippen MR) is 121 cm³/mol. The van der Waals surface area contributed by atoms with Gasteiger partial charge in [0.2, 0.25) is 11.8 Å². The van der Waals surface area contributed by atoms with Crippen LogP contribution in [0, 0.1) is 0 Å². The molecule has 0 atom stereocenters. The molecule has 1 aromatic heterocycles. The van der Waals surface area contributed by atoms with Crippen molar-refractivity contribution >= 4 is 51.4 Å². The third-order valence-electron chi connectivity index (χ3n) is 4.04. The second kappa shape index (κ2) is 11.1. The number of hydrogen-bond donors (Lipinski definition) is 2. The van der Waals surface area contributed by atoms with Crippen LogP contribution in [0.2, 0.25) is 5.02 Å². The molecule has 7 nitrogen and oxygen atoms in total. The summed E-state index contributed by atoms with van der Waals surface area (Å²) in [6.45, 7) is 5.99. The fraction of sp³-hybridized carbons (Fsp3) is 0.381. The number of thiophene rings is 1. The molecule has 9 heteroatoms. The molecule has 0 spiro atoms. The largest absolute Gasteiger partial charge is 0.462 e. The van der Waals surface area contributed by atoms with Crippen LogP contribution in [0.3, 0.4) is 0 Å². The molecule has 0 unspecified atom stereocenters. The van der Waals surface area contributed by atoms with E-state index in [2.05, 4.69) is 10.6 Å². The third-order valence-corrected chi connectivity index (χ3v) is 5.72. The van der Waals surface area contributed by atoms with Crippen LogP contribution in [0.4, 0.5) is 10.7 Å². The molecule has 1 heterocycles. The molecule has 30 heavy (non-hydrogen) atoms. The molecular weight excluding hydrogens is 426 g/mol. The van der Waals surface area contributed by atoms with Gasteiger partial charge in [-0.2, -0.15) is 0 Å². The summed E-state index contributed by atoms with van der Waals surface area (Å²) in [5, 5.41) is 6.38. The van der Waals surface area contributed by atoms with Crippen molar-refractivity contribution in [1.29, 1.82) is 0 Å². The van der Waals surface area contributed by atoms with Crippen LogP contribution in [0.5, 0.6) is 0 Å². The Bertz CT molecular complexity index is 913. The lowest BCUT2D eigenvalue weighted by molar-refractivity contribution is -0.119. The number of halogens is 1. The Morgan fingerprint density at radius 3 is 2.37 bits per heavy atom. The van der Waals surface area contributed by atoms with Crippen molar-refractivity contribution < 1.29 is 19.1 Å². The fourth-order valence-corrected chi connectivity index (χ4v) is 3.86. The van der Waals surface area contributed by atoms with E-state index in [0.717, 1.165) is 4.88 Å². The Kier molecular flexibility index (Phi) is 8.83. The van der Waals surface area contributed by atoms with Gasteiger partial charge in [-0.1, -0.05) is 37.6 Å². The number of hydrogen-bond acceptors (Lipinski definition) is 6. The first-order valence-corrected chi connectivity index (χ1v) is 10.7. The summed E-state index contributed by atoms with van der Waals surface area (Å²) in [4.78, 5) is 39.4. The van der Waals surface area contributed by atoms with Crippen LogP contribution in [0.15, 0.2) is 30.3 Å². The van der Waals surface area contributed by atoms with Crippen LogP contribution >= 0.6 is 22.9 Å². The summed E-state index contributed by atoms with van der Waals surface area (Å²) in [6.07, 6.45) is 0. The molecule has 2 aromatic rings. The molecular formula is C21H26ClN3O4S. The number of amides is 2. The number of benzene rings is 1. The van der Waals surface area contributed by atoms with Gasteiger partial charge in [0.1, 0.15) is 5.00 Å². The molecule has 2 amide bonds. The first-order chi connectivity index (χ1) is 14.2. The molecule has 0 bridgehead atoms. The highest BCUT2D eigenvalue weighted by atomic mass is 35.5. The fourth-order valence-electron chi connectivity index (χ4n) is 2.61. The highest BCUT2D eigenvalue weighted by molar-refractivity contribution is 7.16. The van der Waals surface area contributed by atoms with E-state index in [-0.39, 0.29) is 37.4 Å². The summed E-state index contributed by atoms with van der Waals surface area (Å²) in [6, 6.07) is 8.68. The maximum Gasteiger partial charge on any atom is 0.341 e. The smallest absolute Gasteiger partial charge is 0.341 e. The van der Waals surface area contributed by atoms with E-state index in [0.29, 0.717) is 21.3 Å². The number of carbonyl (C=O) groups excluding carboxylic acids is 3. The lowest BCUT2D eigenvalue weighted by Crippen LogP contribution is -2.36. The van der Waals surface area contributed by atoms with E-state index < -0.39 is 5.97 Å². The van der Waals surface area contributed by atoms with Crippen molar-refractivity contribution in [3.05, 3.63) is 45.8 Å². The molecule has 0 aliphatic heterocycles. The van der Waals surface area contributed by atoms with Crippen LogP contribution in [0.1, 0.15) is 41.9 Å². The SMILES string of the molecule is CCOC(=O)c1cc(C(C)C)sc1NC(=O)CN(C)CC(=O)Nc1ccccc1Cl. The standard InChI is InChI=1S/C21H26ClN3O4S/c1-5-29-21(28)14-10-17(13(2)3)30-20(14)24-19(27)12-25(4)11-18(26)23-16-9-7-6-8-15(16)22/h6-10,13H,5,11-12H2,1-4H3,(H,23,26)(H,24,27). The van der Waals surface area contributed by atoms with Crippen LogP contribution in [0.25, 0.3) is 0 Å². The molecule has 0 fully saturated rings. The third kappa shape index (κ3) is 6.83. The monoisotopic (exact) mass is 451 g/mol. The molecule has 162 valence electrons. The van der Waals surface area contributed by atoms with Crippen LogP contribution < -0.4 is 10.6 Å². The van der Waals surface area contributed by atoms with Crippen molar-refractivity contribution in [3.63, 3.8) is 0 Å². The number of anilines is 2. The summed E-state index contributed by atoms with van der Waals surface area (Å²) >= 11 is 7.39. The molecule has 0 saturated carbocycles. The van der Waals surface area contributed by atoms with Gasteiger partial charge in [0.15, 0.2) is 0 Å². The number of ether oxygens (including phenoxy) is 1. The molecule has 0 saturated heterocycles. The second-order valence-corrected chi connectivity index (χ2v) is 8.51. The summed E-state index contributed by atoms with van der Waals surface area (Å²) < 4.78 is 5.09. The van der Waals surface area contributed by atoms with Gasteiger partial charge < -0.3 is 15.4 Å². The van der Waals surface area contributed by atoms with E-state index in [1.54, 1.807) is 49.2 Å². The summed E-state index contributed by atoms with van der Waals surface area (Å²) in [5.41, 5.74) is 0.860. The highest BCUT2D eigenvalue weighted by Crippen LogP contribution is 2.33. The molecule has 2 rings (SSSR count). The van der Waals surface area contributed by atoms with Crippen LogP contribution in [-0.2, 0) is 14.3 Å². The number of esters is 1. The van der Waals surface area contributed by atoms with Gasteiger partial charge in [-0.15, -0.1) is 11.3 Å². The van der Waals surface area contributed by atoms with E-state index in [4.69, 9.17) is 16.3 Å². The van der Waals surface area contributed by atoms with Crippen molar-refractivity contribution in [1.82, 2.24) is 4.90 Å². The second-order valence-electron chi connectivity index (χ2n) is 7.02.